The van der Waals surface area contributed by atoms with Crippen LogP contribution in [0.15, 0.2) is 112 Å². The largest absolute Gasteiger partial charge is 0.352 e. The normalized spacial score (nSPS) is 12.0. The SMILES string of the molecule is CC(C)NC(=O)[C@H](Cc1ccccc1)N(Cc1ccc(Cl)cc1Cl)C(=O)CN(c1ccc(Br)cc1)S(=O)(=O)c1ccccc1. The molecule has 0 bridgehead atoms. The molecule has 0 spiro atoms. The lowest BCUT2D eigenvalue weighted by molar-refractivity contribution is -0.140. The number of carbonyl (C=O) groups excluding carboxylic acids is 2. The first-order valence-corrected chi connectivity index (χ1v) is 16.9. The number of sulfonamides is 1. The van der Waals surface area contributed by atoms with Crippen molar-refractivity contribution < 1.29 is 18.0 Å². The number of anilines is 1. The molecule has 0 heterocycles. The topological polar surface area (TPSA) is 86.8 Å². The van der Waals surface area contributed by atoms with E-state index in [1.54, 1.807) is 60.7 Å². The maximum absolute atomic E-state index is 14.4. The van der Waals surface area contributed by atoms with Crippen molar-refractivity contribution in [3.8, 4) is 0 Å². The van der Waals surface area contributed by atoms with E-state index in [0.717, 1.165) is 14.3 Å². The van der Waals surface area contributed by atoms with Gasteiger partial charge >= 0.3 is 0 Å². The lowest BCUT2D eigenvalue weighted by atomic mass is 10.0. The summed E-state index contributed by atoms with van der Waals surface area (Å²) >= 11 is 16.1. The van der Waals surface area contributed by atoms with E-state index >= 15 is 0 Å². The van der Waals surface area contributed by atoms with Crippen molar-refractivity contribution in [3.63, 3.8) is 0 Å². The Balaban J connectivity index is 1.81. The van der Waals surface area contributed by atoms with Crippen molar-refractivity contribution in [2.75, 3.05) is 10.8 Å². The Morgan fingerprint density at radius 1 is 0.864 bits per heavy atom. The molecule has 1 atom stereocenters. The predicted molar refractivity (Wildman–Crippen MR) is 179 cm³/mol. The number of nitrogens with zero attached hydrogens (tertiary/aromatic N) is 2. The number of hydrogen-bond donors (Lipinski definition) is 1. The Kier molecular flexibility index (Phi) is 11.5. The van der Waals surface area contributed by atoms with Crippen molar-refractivity contribution in [1.29, 1.82) is 0 Å². The Morgan fingerprint density at radius 3 is 2.07 bits per heavy atom. The molecule has 0 radical (unpaired) electrons. The molecule has 4 aromatic rings. The van der Waals surface area contributed by atoms with Gasteiger partial charge in [0, 0.05) is 33.5 Å². The zero-order valence-corrected chi connectivity index (χ0v) is 28.1. The van der Waals surface area contributed by atoms with Crippen molar-refractivity contribution in [2.24, 2.45) is 0 Å². The minimum absolute atomic E-state index is 0.0291. The third kappa shape index (κ3) is 8.63. The highest BCUT2D eigenvalue weighted by Crippen LogP contribution is 2.28. The molecule has 0 saturated carbocycles. The molecule has 0 aliphatic rings. The summed E-state index contributed by atoms with van der Waals surface area (Å²) in [4.78, 5) is 29.6. The molecule has 0 aliphatic heterocycles. The predicted octanol–water partition coefficient (Wildman–Crippen LogP) is 7.12. The van der Waals surface area contributed by atoms with E-state index in [0.29, 0.717) is 21.3 Å². The smallest absolute Gasteiger partial charge is 0.264 e. The van der Waals surface area contributed by atoms with Gasteiger partial charge in [0.1, 0.15) is 12.6 Å². The third-order valence-corrected chi connectivity index (χ3v) is 9.69. The molecule has 4 rings (SSSR count). The monoisotopic (exact) mass is 715 g/mol. The molecular formula is C33H32BrCl2N3O4S. The van der Waals surface area contributed by atoms with Gasteiger partial charge in [0.15, 0.2) is 0 Å². The maximum atomic E-state index is 14.4. The Hall–Kier alpha value is -3.37. The molecule has 0 saturated heterocycles. The van der Waals surface area contributed by atoms with Crippen LogP contribution in [0.5, 0.6) is 0 Å². The molecule has 0 aliphatic carbocycles. The van der Waals surface area contributed by atoms with Gasteiger partial charge in [-0.1, -0.05) is 93.7 Å². The van der Waals surface area contributed by atoms with Crippen LogP contribution < -0.4 is 9.62 Å². The summed E-state index contributed by atoms with van der Waals surface area (Å²) in [5, 5.41) is 3.67. The highest BCUT2D eigenvalue weighted by atomic mass is 79.9. The van der Waals surface area contributed by atoms with Crippen LogP contribution in [0.25, 0.3) is 0 Å². The second kappa shape index (κ2) is 15.1. The number of halogens is 3. The molecule has 0 fully saturated rings. The van der Waals surface area contributed by atoms with Gasteiger partial charge in [-0.15, -0.1) is 0 Å². The molecule has 11 heteroatoms. The Bertz CT molecular complexity index is 1690. The fourth-order valence-electron chi connectivity index (χ4n) is 4.62. The van der Waals surface area contributed by atoms with Gasteiger partial charge in [0.05, 0.1) is 10.6 Å². The van der Waals surface area contributed by atoms with E-state index in [9.17, 15) is 18.0 Å². The van der Waals surface area contributed by atoms with Gasteiger partial charge in [-0.25, -0.2) is 8.42 Å². The molecule has 4 aromatic carbocycles. The van der Waals surface area contributed by atoms with Gasteiger partial charge in [0.2, 0.25) is 11.8 Å². The number of nitrogens with one attached hydrogen (secondary N) is 1. The van der Waals surface area contributed by atoms with Crippen LogP contribution in [-0.4, -0.2) is 43.8 Å². The summed E-state index contributed by atoms with van der Waals surface area (Å²) in [6.45, 7) is 3.05. The first-order chi connectivity index (χ1) is 21.0. The van der Waals surface area contributed by atoms with Gasteiger partial charge in [-0.05, 0) is 73.5 Å². The lowest BCUT2D eigenvalue weighted by Gasteiger charge is -2.34. The molecule has 7 nitrogen and oxygen atoms in total. The number of benzene rings is 4. The Morgan fingerprint density at radius 2 is 1.48 bits per heavy atom. The van der Waals surface area contributed by atoms with Crippen LogP contribution in [0.1, 0.15) is 25.0 Å². The quantitative estimate of drug-likeness (QED) is 0.169. The summed E-state index contributed by atoms with van der Waals surface area (Å²) in [6, 6.07) is 27.6. The summed E-state index contributed by atoms with van der Waals surface area (Å²) in [5.74, 6) is -0.957. The molecule has 0 unspecified atom stereocenters. The van der Waals surface area contributed by atoms with E-state index in [1.807, 2.05) is 44.2 Å². The molecular weight excluding hydrogens is 685 g/mol. The van der Waals surface area contributed by atoms with E-state index in [1.165, 1.54) is 17.0 Å². The van der Waals surface area contributed by atoms with E-state index < -0.39 is 28.5 Å². The van der Waals surface area contributed by atoms with Crippen LogP contribution in [-0.2, 0) is 32.6 Å². The first kappa shape index (κ1) is 33.5. The summed E-state index contributed by atoms with van der Waals surface area (Å²) in [6.07, 6.45) is 0.195. The second-order valence-corrected chi connectivity index (χ2v) is 14.0. The highest BCUT2D eigenvalue weighted by molar-refractivity contribution is 9.10. The molecule has 0 aromatic heterocycles. The zero-order chi connectivity index (χ0) is 31.9. The van der Waals surface area contributed by atoms with Crippen molar-refractivity contribution in [1.82, 2.24) is 10.2 Å². The van der Waals surface area contributed by atoms with Gasteiger partial charge in [-0.2, -0.15) is 0 Å². The average Bonchev–Trinajstić information content (AvgIpc) is 2.99. The zero-order valence-electron chi connectivity index (χ0n) is 24.2. The van der Waals surface area contributed by atoms with Gasteiger partial charge in [0.25, 0.3) is 10.0 Å². The molecule has 44 heavy (non-hydrogen) atoms. The van der Waals surface area contributed by atoms with Crippen LogP contribution in [0.2, 0.25) is 10.0 Å². The van der Waals surface area contributed by atoms with E-state index in [4.69, 9.17) is 23.2 Å². The summed E-state index contributed by atoms with van der Waals surface area (Å²) in [7, 11) is -4.18. The van der Waals surface area contributed by atoms with Crippen molar-refractivity contribution in [3.05, 3.63) is 129 Å². The number of carbonyl (C=O) groups is 2. The minimum atomic E-state index is -4.18. The van der Waals surface area contributed by atoms with Crippen LogP contribution in [0.4, 0.5) is 5.69 Å². The molecule has 1 N–H and O–H groups in total. The minimum Gasteiger partial charge on any atom is -0.352 e. The number of amides is 2. The third-order valence-electron chi connectivity index (χ3n) is 6.78. The highest BCUT2D eigenvalue weighted by Gasteiger charge is 2.35. The van der Waals surface area contributed by atoms with Crippen LogP contribution >= 0.6 is 39.1 Å². The van der Waals surface area contributed by atoms with Gasteiger partial charge < -0.3 is 10.2 Å². The fraction of sp³-hybridized carbons (Fsp3) is 0.212. The average molecular weight is 718 g/mol. The van der Waals surface area contributed by atoms with Crippen LogP contribution in [0, 0.1) is 0 Å². The van der Waals surface area contributed by atoms with E-state index in [2.05, 4.69) is 21.2 Å². The maximum Gasteiger partial charge on any atom is 0.264 e. The number of hydrogen-bond acceptors (Lipinski definition) is 4. The first-order valence-electron chi connectivity index (χ1n) is 13.9. The van der Waals surface area contributed by atoms with Crippen LogP contribution in [0.3, 0.4) is 0 Å². The second-order valence-electron chi connectivity index (χ2n) is 10.4. The van der Waals surface area contributed by atoms with Crippen molar-refractivity contribution in [2.45, 2.75) is 43.8 Å². The van der Waals surface area contributed by atoms with E-state index in [-0.39, 0.29) is 29.8 Å². The fourth-order valence-corrected chi connectivity index (χ4v) is 6.79. The van der Waals surface area contributed by atoms with Gasteiger partial charge in [-0.3, -0.25) is 13.9 Å². The Labute approximate surface area is 277 Å². The standard InChI is InChI=1S/C33H32BrCl2N3O4S/c1-23(2)37-33(41)31(19-24-9-5-3-6-10-24)38(21-25-13-16-27(35)20-30(25)36)32(40)22-39(28-17-14-26(34)15-18-28)44(42,43)29-11-7-4-8-12-29/h3-18,20,23,31H,19,21-22H2,1-2H3,(H,37,41)/t31-/m0/s1. The lowest BCUT2D eigenvalue weighted by Crippen LogP contribution is -2.54. The number of rotatable bonds is 12. The van der Waals surface area contributed by atoms with Crippen molar-refractivity contribution >= 4 is 66.7 Å². The molecule has 230 valence electrons. The molecule has 2 amide bonds. The summed E-state index contributed by atoms with van der Waals surface area (Å²) < 4.78 is 29.8. The summed E-state index contributed by atoms with van der Waals surface area (Å²) in [5.41, 5.74) is 1.68.